The van der Waals surface area contributed by atoms with Crippen molar-refractivity contribution in [3.63, 3.8) is 0 Å². The molecule has 0 amide bonds. The molecule has 2 fully saturated rings. The highest BCUT2D eigenvalue weighted by atomic mass is 32.2. The van der Waals surface area contributed by atoms with Crippen LogP contribution in [0.1, 0.15) is 18.4 Å². The van der Waals surface area contributed by atoms with Crippen molar-refractivity contribution >= 4 is 11.8 Å². The van der Waals surface area contributed by atoms with Crippen LogP contribution in [0.25, 0.3) is 0 Å². The Morgan fingerprint density at radius 2 is 1.84 bits per heavy atom. The number of aliphatic hydroxyl groups excluding tert-OH is 1. The first-order chi connectivity index (χ1) is 12.2. The van der Waals surface area contributed by atoms with Crippen molar-refractivity contribution in [2.24, 2.45) is 0 Å². The van der Waals surface area contributed by atoms with Gasteiger partial charge in [-0.15, -0.1) is 0 Å². The third kappa shape index (κ3) is 5.78. The van der Waals surface area contributed by atoms with Gasteiger partial charge in [0.05, 0.1) is 7.11 Å². The van der Waals surface area contributed by atoms with Crippen LogP contribution in [0, 0.1) is 0 Å². The van der Waals surface area contributed by atoms with E-state index in [0.717, 1.165) is 36.9 Å². The van der Waals surface area contributed by atoms with E-state index in [0.29, 0.717) is 18.9 Å². The van der Waals surface area contributed by atoms with Gasteiger partial charge in [-0.3, -0.25) is 9.80 Å². The lowest BCUT2D eigenvalue weighted by molar-refractivity contribution is 0.0704. The number of hydrogen-bond acceptors (Lipinski definition) is 6. The molecule has 0 spiro atoms. The number of thioether (sulfide) groups is 1. The zero-order valence-electron chi connectivity index (χ0n) is 15.2. The number of aliphatic hydroxyl groups is 1. The average molecular weight is 367 g/mol. The Morgan fingerprint density at radius 3 is 2.56 bits per heavy atom. The van der Waals surface area contributed by atoms with Gasteiger partial charge in [0, 0.05) is 37.7 Å². The van der Waals surface area contributed by atoms with Crippen molar-refractivity contribution in [1.29, 1.82) is 0 Å². The van der Waals surface area contributed by atoms with Crippen molar-refractivity contribution < 1.29 is 14.6 Å². The van der Waals surface area contributed by atoms with Crippen molar-refractivity contribution in [2.75, 3.05) is 57.9 Å². The average Bonchev–Trinajstić information content (AvgIpc) is 3.14. The molecule has 1 N–H and O–H groups in total. The molecule has 0 aliphatic carbocycles. The van der Waals surface area contributed by atoms with Gasteiger partial charge < -0.3 is 14.6 Å². The van der Waals surface area contributed by atoms with E-state index in [-0.39, 0.29) is 0 Å². The van der Waals surface area contributed by atoms with Crippen LogP contribution in [0.15, 0.2) is 18.2 Å². The summed E-state index contributed by atoms with van der Waals surface area (Å²) in [6.07, 6.45) is 2.12. The van der Waals surface area contributed by atoms with Crippen molar-refractivity contribution in [3.8, 4) is 11.5 Å². The topological polar surface area (TPSA) is 45.2 Å². The predicted octanol–water partition coefficient (Wildman–Crippen LogP) is 2.08. The molecular formula is C19H30N2O3S. The molecule has 140 valence electrons. The fourth-order valence-corrected chi connectivity index (χ4v) is 4.43. The summed E-state index contributed by atoms with van der Waals surface area (Å²) in [5.74, 6) is 3.76. The van der Waals surface area contributed by atoms with E-state index >= 15 is 0 Å². The van der Waals surface area contributed by atoms with Crippen molar-refractivity contribution in [3.05, 3.63) is 23.8 Å². The van der Waals surface area contributed by atoms with Crippen molar-refractivity contribution in [1.82, 2.24) is 9.80 Å². The molecule has 5 nitrogen and oxygen atoms in total. The fourth-order valence-electron chi connectivity index (χ4n) is 3.45. The molecule has 1 aromatic carbocycles. The van der Waals surface area contributed by atoms with Gasteiger partial charge in [0.15, 0.2) is 11.5 Å². The van der Waals surface area contributed by atoms with E-state index in [1.54, 1.807) is 7.11 Å². The third-order valence-electron chi connectivity index (χ3n) is 4.84. The van der Waals surface area contributed by atoms with Gasteiger partial charge in [-0.1, -0.05) is 6.07 Å². The van der Waals surface area contributed by atoms with E-state index in [2.05, 4.69) is 21.9 Å². The van der Waals surface area contributed by atoms with Crippen LogP contribution in [0.4, 0.5) is 0 Å². The SMILES string of the molecule is COc1cc(CN2CCCC2)ccc1OCC(O)CN1CCSCC1. The minimum Gasteiger partial charge on any atom is -0.493 e. The van der Waals surface area contributed by atoms with Gasteiger partial charge >= 0.3 is 0 Å². The Labute approximate surface area is 155 Å². The summed E-state index contributed by atoms with van der Waals surface area (Å²) in [6.45, 7) is 6.41. The maximum Gasteiger partial charge on any atom is 0.161 e. The number of β-amino-alcohol motifs (C(OH)–C–C–N with tert-alkyl or cyclic N) is 1. The summed E-state index contributed by atoms with van der Waals surface area (Å²) in [5, 5.41) is 10.2. The van der Waals surface area contributed by atoms with Gasteiger partial charge in [-0.05, 0) is 43.6 Å². The van der Waals surface area contributed by atoms with Gasteiger partial charge in [-0.2, -0.15) is 11.8 Å². The minimum atomic E-state index is -0.475. The smallest absolute Gasteiger partial charge is 0.161 e. The summed E-state index contributed by atoms with van der Waals surface area (Å²) in [4.78, 5) is 4.77. The first-order valence-electron chi connectivity index (χ1n) is 9.25. The summed E-state index contributed by atoms with van der Waals surface area (Å²) >= 11 is 1.98. The van der Waals surface area contributed by atoms with E-state index < -0.39 is 6.10 Å². The molecule has 3 rings (SSSR count). The maximum atomic E-state index is 10.2. The Hall–Kier alpha value is -0.950. The highest BCUT2D eigenvalue weighted by Gasteiger charge is 2.17. The number of benzene rings is 1. The van der Waals surface area contributed by atoms with Gasteiger partial charge in [0.2, 0.25) is 0 Å². The first kappa shape index (κ1) is 18.8. The van der Waals surface area contributed by atoms with Crippen LogP contribution in [-0.4, -0.2) is 79.0 Å². The standard InChI is InChI=1S/C19H30N2O3S/c1-23-19-12-16(13-20-6-2-3-7-20)4-5-18(19)24-15-17(22)14-21-8-10-25-11-9-21/h4-5,12,17,22H,2-3,6-11,13-15H2,1H3. The van der Waals surface area contributed by atoms with Gasteiger partial charge in [0.25, 0.3) is 0 Å². The number of nitrogens with zero attached hydrogens (tertiary/aromatic N) is 2. The fraction of sp³-hybridized carbons (Fsp3) is 0.684. The van der Waals surface area contributed by atoms with Gasteiger partial charge in [-0.25, -0.2) is 0 Å². The van der Waals surface area contributed by atoms with Crippen LogP contribution < -0.4 is 9.47 Å². The zero-order valence-corrected chi connectivity index (χ0v) is 16.0. The molecule has 1 unspecified atom stereocenters. The van der Waals surface area contributed by atoms with Crippen LogP contribution in [0.3, 0.4) is 0 Å². The Bertz CT molecular complexity index is 531. The molecule has 0 aromatic heterocycles. The number of likely N-dealkylation sites (tertiary alicyclic amines) is 1. The molecule has 2 saturated heterocycles. The predicted molar refractivity (Wildman–Crippen MR) is 103 cm³/mol. The molecule has 6 heteroatoms. The largest absolute Gasteiger partial charge is 0.493 e. The van der Waals surface area contributed by atoms with E-state index in [1.807, 2.05) is 17.8 Å². The van der Waals surface area contributed by atoms with Crippen molar-refractivity contribution in [2.45, 2.75) is 25.5 Å². The van der Waals surface area contributed by atoms with Crippen LogP contribution in [0.5, 0.6) is 11.5 Å². The summed E-state index contributed by atoms with van der Waals surface area (Å²) in [5.41, 5.74) is 1.25. The molecule has 2 aliphatic heterocycles. The molecule has 0 radical (unpaired) electrons. The molecule has 1 atom stereocenters. The first-order valence-corrected chi connectivity index (χ1v) is 10.4. The van der Waals surface area contributed by atoms with Crippen LogP contribution in [-0.2, 0) is 6.54 Å². The summed E-state index contributed by atoms with van der Waals surface area (Å²) in [6, 6.07) is 6.13. The maximum absolute atomic E-state index is 10.2. The number of rotatable bonds is 8. The van der Waals surface area contributed by atoms with Gasteiger partial charge in [0.1, 0.15) is 12.7 Å². The van der Waals surface area contributed by atoms with E-state index in [9.17, 15) is 5.11 Å². The Balaban J connectivity index is 1.50. The van der Waals surface area contributed by atoms with E-state index in [1.165, 1.54) is 31.5 Å². The third-order valence-corrected chi connectivity index (χ3v) is 5.78. The monoisotopic (exact) mass is 366 g/mol. The lowest BCUT2D eigenvalue weighted by atomic mass is 10.2. The number of methoxy groups -OCH3 is 1. The molecular weight excluding hydrogens is 336 g/mol. The zero-order chi connectivity index (χ0) is 17.5. The number of ether oxygens (including phenoxy) is 2. The summed E-state index contributed by atoms with van der Waals surface area (Å²) < 4.78 is 11.3. The second-order valence-electron chi connectivity index (χ2n) is 6.85. The molecule has 0 bridgehead atoms. The molecule has 25 heavy (non-hydrogen) atoms. The Kier molecular flexibility index (Phi) is 7.28. The molecule has 0 saturated carbocycles. The van der Waals surface area contributed by atoms with Crippen LogP contribution in [0.2, 0.25) is 0 Å². The van der Waals surface area contributed by atoms with E-state index in [4.69, 9.17) is 9.47 Å². The number of hydrogen-bond donors (Lipinski definition) is 1. The molecule has 2 aliphatic rings. The quantitative estimate of drug-likeness (QED) is 0.760. The normalized spacial score (nSPS) is 20.6. The highest BCUT2D eigenvalue weighted by molar-refractivity contribution is 7.99. The highest BCUT2D eigenvalue weighted by Crippen LogP contribution is 2.29. The lowest BCUT2D eigenvalue weighted by Gasteiger charge is -2.28. The molecule has 2 heterocycles. The van der Waals surface area contributed by atoms with Crippen LogP contribution >= 0.6 is 11.8 Å². The second-order valence-corrected chi connectivity index (χ2v) is 8.07. The molecule has 1 aromatic rings. The lowest BCUT2D eigenvalue weighted by Crippen LogP contribution is -2.40. The summed E-state index contributed by atoms with van der Waals surface area (Å²) in [7, 11) is 1.67. The Morgan fingerprint density at radius 1 is 1.08 bits per heavy atom. The second kappa shape index (κ2) is 9.67. The minimum absolute atomic E-state index is 0.297.